The number of pyridine rings is 2. The van der Waals surface area contributed by atoms with E-state index >= 15 is 0 Å². The summed E-state index contributed by atoms with van der Waals surface area (Å²) < 4.78 is 50.3. The van der Waals surface area contributed by atoms with Crippen LogP contribution in [0.1, 0.15) is 17.2 Å². The molecule has 0 spiro atoms. The number of alkyl halides is 1. The molecule has 2 amide bonds. The quantitative estimate of drug-likeness (QED) is 0.145. The van der Waals surface area contributed by atoms with Gasteiger partial charge in [0.2, 0.25) is 25.2 Å². The number of methoxy groups -OCH3 is 1. The largest absolute Gasteiger partial charge is 0.497 e. The Hall–Kier alpha value is -5.88. The normalized spacial score (nSPS) is 12.7. The summed E-state index contributed by atoms with van der Waals surface area (Å²) in [4.78, 5) is 37.2. The lowest BCUT2D eigenvalue weighted by Gasteiger charge is -2.40. The maximum Gasteiger partial charge on any atom is 0.357 e. The Bertz CT molecular complexity index is 1830. The molecule has 5 aromatic rings. The minimum Gasteiger partial charge on any atom is -0.497 e. The van der Waals surface area contributed by atoms with Crippen molar-refractivity contribution in [1.29, 1.82) is 0 Å². The lowest BCUT2D eigenvalue weighted by Crippen LogP contribution is -2.61. The first-order chi connectivity index (χ1) is 22.9. The smallest absolute Gasteiger partial charge is 0.357 e. The van der Waals surface area contributed by atoms with E-state index in [2.05, 4.69) is 9.97 Å². The predicted molar refractivity (Wildman–Crippen MR) is 169 cm³/mol. The number of nitrogens with zero attached hydrogens (tertiary/aromatic N) is 3. The van der Waals surface area contributed by atoms with Gasteiger partial charge in [0, 0.05) is 30.2 Å². The van der Waals surface area contributed by atoms with Gasteiger partial charge in [0.05, 0.1) is 12.7 Å². The van der Waals surface area contributed by atoms with E-state index in [4.69, 9.17) is 24.7 Å². The highest BCUT2D eigenvalue weighted by Gasteiger charge is 2.53. The molecule has 240 valence electrons. The van der Waals surface area contributed by atoms with Crippen LogP contribution in [-0.2, 0) is 16.1 Å². The molecular formula is C35H31F2N4O6+. The highest BCUT2D eigenvalue weighted by molar-refractivity contribution is 5.98. The first-order valence-corrected chi connectivity index (χ1v) is 14.4. The molecule has 0 aliphatic carbocycles. The number of primary amides is 1. The van der Waals surface area contributed by atoms with Crippen LogP contribution in [0.4, 0.5) is 14.5 Å². The first-order valence-electron chi connectivity index (χ1n) is 14.4. The third-order valence-electron chi connectivity index (χ3n) is 7.38. The Labute approximate surface area is 269 Å². The predicted octanol–water partition coefficient (Wildman–Crippen LogP) is 6.06. The van der Waals surface area contributed by atoms with Crippen molar-refractivity contribution in [2.75, 3.05) is 20.6 Å². The van der Waals surface area contributed by atoms with Crippen LogP contribution in [0.15, 0.2) is 116 Å². The molecule has 2 atom stereocenters. The van der Waals surface area contributed by atoms with Gasteiger partial charge < -0.3 is 24.7 Å². The molecule has 47 heavy (non-hydrogen) atoms. The summed E-state index contributed by atoms with van der Waals surface area (Å²) in [6.45, 7) is -2.11. The highest BCUT2D eigenvalue weighted by atomic mass is 19.1. The summed E-state index contributed by atoms with van der Waals surface area (Å²) in [6, 6.07) is 23.6. The minimum absolute atomic E-state index is 0.0269. The molecule has 0 aliphatic heterocycles. The Balaban J connectivity index is 1.81. The van der Waals surface area contributed by atoms with Crippen molar-refractivity contribution in [2.45, 2.75) is 12.6 Å². The summed E-state index contributed by atoms with van der Waals surface area (Å²) in [6.07, 6.45) is 4.31. The zero-order chi connectivity index (χ0) is 33.2. The molecule has 3 aromatic carbocycles. The second kappa shape index (κ2) is 14.9. The Morgan fingerprint density at radius 3 is 2.34 bits per heavy atom. The van der Waals surface area contributed by atoms with E-state index in [0.29, 0.717) is 11.5 Å². The molecule has 2 heterocycles. The number of hydrogen-bond donors (Lipinski definition) is 1. The van der Waals surface area contributed by atoms with Gasteiger partial charge in [0.15, 0.2) is 11.6 Å². The number of amides is 2. The van der Waals surface area contributed by atoms with Crippen molar-refractivity contribution in [2.24, 2.45) is 5.73 Å². The van der Waals surface area contributed by atoms with Crippen LogP contribution in [-0.4, -0.2) is 42.4 Å². The maximum absolute atomic E-state index is 15.0. The number of halogens is 2. The molecule has 2 aromatic heterocycles. The number of hydrogen-bond acceptors (Lipinski definition) is 8. The fourth-order valence-corrected chi connectivity index (χ4v) is 5.30. The van der Waals surface area contributed by atoms with Crippen molar-refractivity contribution in [1.82, 2.24) is 14.5 Å². The molecule has 12 heteroatoms. The van der Waals surface area contributed by atoms with E-state index in [0.717, 1.165) is 0 Å². The van der Waals surface area contributed by atoms with Gasteiger partial charge in [-0.2, -0.15) is 0 Å². The van der Waals surface area contributed by atoms with Crippen LogP contribution < -0.4 is 29.2 Å². The average Bonchev–Trinajstić information content (AvgIpc) is 3.09. The lowest BCUT2D eigenvalue weighted by molar-refractivity contribution is -0.141. The van der Waals surface area contributed by atoms with Crippen molar-refractivity contribution in [3.63, 3.8) is 0 Å². The summed E-state index contributed by atoms with van der Waals surface area (Å²) >= 11 is 0. The molecule has 2 N–H and O–H groups in total. The van der Waals surface area contributed by atoms with E-state index in [9.17, 15) is 18.4 Å². The van der Waals surface area contributed by atoms with Gasteiger partial charge in [-0.15, -0.1) is 0 Å². The fourth-order valence-electron chi connectivity index (χ4n) is 5.30. The number of nitrogens with two attached hydrogens (primary N) is 1. The summed E-state index contributed by atoms with van der Waals surface area (Å²) in [5, 5.41) is 0. The molecule has 5 rings (SSSR count). The van der Waals surface area contributed by atoms with Crippen LogP contribution in [0, 0.1) is 5.82 Å². The number of carbonyl (C=O) groups is 2. The van der Waals surface area contributed by atoms with Gasteiger partial charge in [-0.3, -0.25) is 9.78 Å². The first kappa shape index (κ1) is 32.5. The molecule has 0 saturated heterocycles. The number of para-hydroxylation sites is 2. The van der Waals surface area contributed by atoms with Gasteiger partial charge in [-0.05, 0) is 60.7 Å². The van der Waals surface area contributed by atoms with Crippen LogP contribution in [0.5, 0.6) is 28.9 Å². The summed E-state index contributed by atoms with van der Waals surface area (Å²) in [5.41, 5.74) is 6.72. The monoisotopic (exact) mass is 641 g/mol. The Morgan fingerprint density at radius 1 is 0.872 bits per heavy atom. The van der Waals surface area contributed by atoms with Gasteiger partial charge in [-0.1, -0.05) is 30.3 Å². The zero-order valence-electron chi connectivity index (χ0n) is 25.3. The van der Waals surface area contributed by atoms with Crippen molar-refractivity contribution >= 4 is 17.5 Å². The number of carbonyl (C=O) groups excluding carboxylic acids is 2. The second-order valence-electron chi connectivity index (χ2n) is 10.2. The van der Waals surface area contributed by atoms with Crippen molar-refractivity contribution in [3.8, 4) is 28.9 Å². The molecular weight excluding hydrogens is 610 g/mol. The number of ether oxygens (including phenoxy) is 4. The molecule has 10 nitrogen and oxygen atoms in total. The molecule has 0 bridgehead atoms. The lowest BCUT2D eigenvalue weighted by atomic mass is 9.98. The SMILES string of the molecule is COc1ccc(OCF)c(C[N+](C(=O)COc2ccccc2)(c2cccnc2Oc2ccccc2F)C(C(N)=O)c2cccnc2)c1. The fraction of sp³-hybridized carbons (Fsp3) is 0.143. The minimum atomic E-state index is -1.48. The number of rotatable bonds is 14. The Kier molecular flexibility index (Phi) is 10.3. The molecule has 0 radical (unpaired) electrons. The number of quaternary nitrogens is 1. The highest BCUT2D eigenvalue weighted by Crippen LogP contribution is 2.45. The number of benzene rings is 3. The van der Waals surface area contributed by atoms with Crippen molar-refractivity contribution in [3.05, 3.63) is 133 Å². The maximum atomic E-state index is 15.0. The van der Waals surface area contributed by atoms with Crippen LogP contribution >= 0.6 is 0 Å². The third kappa shape index (κ3) is 7.18. The summed E-state index contributed by atoms with van der Waals surface area (Å²) in [5.74, 6) is -1.84. The average molecular weight is 642 g/mol. The van der Waals surface area contributed by atoms with Crippen LogP contribution in [0.25, 0.3) is 0 Å². The van der Waals surface area contributed by atoms with Gasteiger partial charge in [0.25, 0.3) is 11.8 Å². The molecule has 0 aliphatic rings. The summed E-state index contributed by atoms with van der Waals surface area (Å²) in [7, 11) is 1.44. The van der Waals surface area contributed by atoms with E-state index < -0.39 is 41.6 Å². The third-order valence-corrected chi connectivity index (χ3v) is 7.38. The standard InChI is InChI=1S/C35H30F2N4O6/c1-44-27-15-16-30(46-23-36)25(19-27)21-41(32(42)22-45-26-10-3-2-4-11-26,33(34(38)43)24-9-7-17-39-20-24)29-13-8-18-40-35(29)47-31-14-6-5-12-28(31)37/h2-20,33H,21-23H2,1H3,(H-,38,43)/p+1. The van der Waals surface area contributed by atoms with E-state index in [-0.39, 0.29) is 40.7 Å². The van der Waals surface area contributed by atoms with Gasteiger partial charge >= 0.3 is 5.91 Å². The van der Waals surface area contributed by atoms with Crippen molar-refractivity contribution < 1.29 is 37.3 Å². The molecule has 2 unspecified atom stereocenters. The van der Waals surface area contributed by atoms with E-state index in [1.54, 1.807) is 60.7 Å². The topological polar surface area (TPSA) is 123 Å². The molecule has 0 saturated carbocycles. The number of aromatic nitrogens is 2. The second-order valence-corrected chi connectivity index (χ2v) is 10.2. The molecule has 0 fully saturated rings. The Morgan fingerprint density at radius 2 is 1.64 bits per heavy atom. The van der Waals surface area contributed by atoms with Crippen LogP contribution in [0.2, 0.25) is 0 Å². The van der Waals surface area contributed by atoms with Crippen LogP contribution in [0.3, 0.4) is 0 Å². The van der Waals surface area contributed by atoms with E-state index in [1.807, 2.05) is 0 Å². The van der Waals surface area contributed by atoms with Gasteiger partial charge in [0.1, 0.15) is 23.8 Å². The van der Waals surface area contributed by atoms with Gasteiger partial charge in [-0.25, -0.2) is 23.0 Å². The van der Waals surface area contributed by atoms with E-state index in [1.165, 1.54) is 62.1 Å². The zero-order valence-corrected chi connectivity index (χ0v) is 25.3.